The average Bonchev–Trinajstić information content (AvgIpc) is 3.05. The average molecular weight is 324 g/mol. The lowest BCUT2D eigenvalue weighted by Crippen LogP contribution is -2.21. The maximum absolute atomic E-state index is 12.6. The topological polar surface area (TPSA) is 52.6 Å². The third kappa shape index (κ3) is 3.83. The van der Waals surface area contributed by atoms with Gasteiger partial charge in [-0.05, 0) is 61.2 Å². The minimum absolute atomic E-state index is 0.0676. The predicted octanol–water partition coefficient (Wildman–Crippen LogP) is 2.85. The van der Waals surface area contributed by atoms with Crippen LogP contribution in [0.25, 0.3) is 0 Å². The summed E-state index contributed by atoms with van der Waals surface area (Å²) < 4.78 is 0. The zero-order valence-corrected chi connectivity index (χ0v) is 14.1. The molecular weight excluding hydrogens is 300 g/mol. The summed E-state index contributed by atoms with van der Waals surface area (Å²) in [6.07, 6.45) is 3.30. The highest BCUT2D eigenvalue weighted by Crippen LogP contribution is 2.29. The second-order valence-corrected chi connectivity index (χ2v) is 6.41. The molecule has 24 heavy (non-hydrogen) atoms. The largest absolute Gasteiger partial charge is 0.395 e. The van der Waals surface area contributed by atoms with Gasteiger partial charge < -0.3 is 10.4 Å². The lowest BCUT2D eigenvalue weighted by atomic mass is 10.1. The van der Waals surface area contributed by atoms with E-state index in [9.17, 15) is 4.79 Å². The summed E-state index contributed by atoms with van der Waals surface area (Å²) in [4.78, 5) is 14.6. The number of hydrogen-bond donors (Lipinski definition) is 2. The van der Waals surface area contributed by atoms with E-state index in [1.54, 1.807) is 0 Å². The molecule has 2 aromatic carbocycles. The summed E-state index contributed by atoms with van der Waals surface area (Å²) in [5.74, 6) is -0.0676. The lowest BCUT2D eigenvalue weighted by molar-refractivity contribution is 0.102. The Morgan fingerprint density at radius 1 is 1.21 bits per heavy atom. The van der Waals surface area contributed by atoms with Crippen LogP contribution in [-0.4, -0.2) is 36.1 Å². The van der Waals surface area contributed by atoms with Crippen LogP contribution in [0.5, 0.6) is 0 Å². The van der Waals surface area contributed by atoms with Crippen LogP contribution in [0.1, 0.15) is 33.5 Å². The molecule has 0 saturated carbocycles. The molecule has 2 aromatic rings. The Morgan fingerprint density at radius 3 is 2.88 bits per heavy atom. The Balaban J connectivity index is 1.73. The van der Waals surface area contributed by atoms with Gasteiger partial charge in [-0.2, -0.15) is 0 Å². The smallest absolute Gasteiger partial charge is 0.255 e. The Bertz CT molecular complexity index is 727. The summed E-state index contributed by atoms with van der Waals surface area (Å²) >= 11 is 0. The van der Waals surface area contributed by atoms with E-state index < -0.39 is 0 Å². The zero-order chi connectivity index (χ0) is 16.9. The van der Waals surface area contributed by atoms with Crippen LogP contribution in [0.15, 0.2) is 42.5 Å². The maximum atomic E-state index is 12.6. The van der Waals surface area contributed by atoms with Crippen molar-refractivity contribution < 1.29 is 9.90 Å². The fourth-order valence-electron chi connectivity index (χ4n) is 3.30. The van der Waals surface area contributed by atoms with Gasteiger partial charge in [-0.25, -0.2) is 0 Å². The number of likely N-dealkylation sites (N-methyl/N-ethyl adjacent to an activating group) is 1. The summed E-state index contributed by atoms with van der Waals surface area (Å²) in [6, 6.07) is 13.8. The number of rotatable bonds is 6. The number of fused-ring (bicyclic) bond motifs is 1. The van der Waals surface area contributed by atoms with Crippen LogP contribution in [0, 0.1) is 0 Å². The Labute approximate surface area is 143 Å². The molecule has 0 fully saturated rings. The number of carbonyl (C=O) groups is 1. The Morgan fingerprint density at radius 2 is 2.04 bits per heavy atom. The molecule has 1 amide bonds. The first-order valence-electron chi connectivity index (χ1n) is 8.48. The summed E-state index contributed by atoms with van der Waals surface area (Å²) in [6.45, 7) is 1.46. The highest BCUT2D eigenvalue weighted by atomic mass is 16.3. The third-order valence-corrected chi connectivity index (χ3v) is 4.52. The van der Waals surface area contributed by atoms with Gasteiger partial charge in [0.25, 0.3) is 5.91 Å². The van der Waals surface area contributed by atoms with Gasteiger partial charge in [-0.3, -0.25) is 9.69 Å². The van der Waals surface area contributed by atoms with Crippen LogP contribution >= 0.6 is 0 Å². The van der Waals surface area contributed by atoms with Gasteiger partial charge in [0.1, 0.15) is 0 Å². The van der Waals surface area contributed by atoms with Crippen molar-refractivity contribution in [1.82, 2.24) is 4.90 Å². The van der Waals surface area contributed by atoms with E-state index in [0.29, 0.717) is 18.7 Å². The molecule has 0 heterocycles. The molecule has 3 rings (SSSR count). The van der Waals surface area contributed by atoms with Crippen molar-refractivity contribution in [2.75, 3.05) is 25.5 Å². The highest BCUT2D eigenvalue weighted by molar-refractivity contribution is 6.04. The molecule has 0 bridgehead atoms. The normalized spacial score (nSPS) is 13.1. The number of nitrogens with zero attached hydrogens (tertiary/aromatic N) is 1. The standard InChI is InChI=1S/C20H24N2O2/c1-22(11-12-23)14-15-5-2-8-17(13-15)20(24)21-19-10-4-7-16-6-3-9-18(16)19/h2,4-5,7-8,10,13,23H,3,6,9,11-12,14H2,1H3,(H,21,24). The van der Waals surface area contributed by atoms with E-state index in [2.05, 4.69) is 11.4 Å². The summed E-state index contributed by atoms with van der Waals surface area (Å²) in [7, 11) is 1.95. The van der Waals surface area contributed by atoms with Gasteiger partial charge >= 0.3 is 0 Å². The number of carbonyl (C=O) groups excluding carboxylic acids is 1. The minimum Gasteiger partial charge on any atom is -0.395 e. The molecule has 1 aliphatic rings. The number of aliphatic hydroxyl groups excluding tert-OH is 1. The van der Waals surface area contributed by atoms with Gasteiger partial charge in [0, 0.05) is 24.3 Å². The van der Waals surface area contributed by atoms with E-state index >= 15 is 0 Å². The van der Waals surface area contributed by atoms with Crippen molar-refractivity contribution in [3.8, 4) is 0 Å². The molecule has 0 aromatic heterocycles. The number of aliphatic hydroxyl groups is 1. The van der Waals surface area contributed by atoms with Gasteiger partial charge in [0.2, 0.25) is 0 Å². The van der Waals surface area contributed by atoms with Crippen molar-refractivity contribution >= 4 is 11.6 Å². The van der Waals surface area contributed by atoms with Gasteiger partial charge in [0.05, 0.1) is 6.61 Å². The van der Waals surface area contributed by atoms with Crippen molar-refractivity contribution in [1.29, 1.82) is 0 Å². The molecule has 1 aliphatic carbocycles. The maximum Gasteiger partial charge on any atom is 0.255 e. The molecular formula is C20H24N2O2. The lowest BCUT2D eigenvalue weighted by Gasteiger charge is -2.16. The van der Waals surface area contributed by atoms with Crippen LogP contribution < -0.4 is 5.32 Å². The monoisotopic (exact) mass is 324 g/mol. The number of anilines is 1. The zero-order valence-electron chi connectivity index (χ0n) is 14.1. The van der Waals surface area contributed by atoms with E-state index in [-0.39, 0.29) is 12.5 Å². The molecule has 126 valence electrons. The first-order chi connectivity index (χ1) is 11.7. The molecule has 0 spiro atoms. The van der Waals surface area contributed by atoms with E-state index in [1.165, 1.54) is 11.1 Å². The van der Waals surface area contributed by atoms with Crippen molar-refractivity contribution in [3.63, 3.8) is 0 Å². The third-order valence-electron chi connectivity index (χ3n) is 4.52. The van der Waals surface area contributed by atoms with Crippen LogP contribution in [0.3, 0.4) is 0 Å². The molecule has 2 N–H and O–H groups in total. The quantitative estimate of drug-likeness (QED) is 0.859. The number of amides is 1. The van der Waals surface area contributed by atoms with Crippen molar-refractivity contribution in [3.05, 3.63) is 64.7 Å². The first kappa shape index (κ1) is 16.7. The number of nitrogens with one attached hydrogen (secondary N) is 1. The van der Waals surface area contributed by atoms with Crippen molar-refractivity contribution in [2.24, 2.45) is 0 Å². The molecule has 0 aliphatic heterocycles. The Kier molecular flexibility index (Phi) is 5.28. The fraction of sp³-hybridized carbons (Fsp3) is 0.350. The first-order valence-corrected chi connectivity index (χ1v) is 8.48. The molecule has 0 unspecified atom stereocenters. The van der Waals surface area contributed by atoms with E-state index in [4.69, 9.17) is 5.11 Å². The molecule has 4 nitrogen and oxygen atoms in total. The molecule has 0 saturated heterocycles. The number of benzene rings is 2. The molecule has 0 atom stereocenters. The molecule has 4 heteroatoms. The van der Waals surface area contributed by atoms with Crippen LogP contribution in [0.2, 0.25) is 0 Å². The van der Waals surface area contributed by atoms with Gasteiger partial charge in [0.15, 0.2) is 0 Å². The van der Waals surface area contributed by atoms with Crippen LogP contribution in [0.4, 0.5) is 5.69 Å². The Hall–Kier alpha value is -2.17. The molecule has 0 radical (unpaired) electrons. The van der Waals surface area contributed by atoms with E-state index in [0.717, 1.165) is 30.5 Å². The fourth-order valence-corrected chi connectivity index (χ4v) is 3.30. The van der Waals surface area contributed by atoms with Crippen LogP contribution in [-0.2, 0) is 19.4 Å². The van der Waals surface area contributed by atoms with E-state index in [1.807, 2.05) is 48.3 Å². The highest BCUT2D eigenvalue weighted by Gasteiger charge is 2.16. The minimum atomic E-state index is -0.0676. The number of hydrogen-bond acceptors (Lipinski definition) is 3. The second kappa shape index (κ2) is 7.60. The summed E-state index contributed by atoms with van der Waals surface area (Å²) in [5.41, 5.74) is 5.31. The number of aryl methyl sites for hydroxylation is 1. The SMILES string of the molecule is CN(CCO)Cc1cccc(C(=O)Nc2cccc3c2CCC3)c1. The predicted molar refractivity (Wildman–Crippen MR) is 96.3 cm³/mol. The van der Waals surface area contributed by atoms with Crippen molar-refractivity contribution in [2.45, 2.75) is 25.8 Å². The van der Waals surface area contributed by atoms with Gasteiger partial charge in [-0.15, -0.1) is 0 Å². The van der Waals surface area contributed by atoms with Gasteiger partial charge in [-0.1, -0.05) is 24.3 Å². The second-order valence-electron chi connectivity index (χ2n) is 6.41. The summed E-state index contributed by atoms with van der Waals surface area (Å²) in [5, 5.41) is 12.1.